The van der Waals surface area contributed by atoms with Gasteiger partial charge in [-0.25, -0.2) is 0 Å². The molecule has 2 aromatic heterocycles. The number of fused-ring (bicyclic) bond motifs is 1. The van der Waals surface area contributed by atoms with Crippen molar-refractivity contribution < 1.29 is 9.53 Å². The molecule has 0 spiro atoms. The molecule has 1 aromatic carbocycles. The first-order chi connectivity index (χ1) is 11.0. The topological polar surface area (TPSA) is 68.5 Å². The molecular weight excluding hydrogens is 339 g/mol. The number of hydrogen-bond donors (Lipinski definition) is 1. The summed E-state index contributed by atoms with van der Waals surface area (Å²) in [6.45, 7) is 1.64. The molecule has 2 heterocycles. The van der Waals surface area contributed by atoms with E-state index in [1.807, 2.05) is 0 Å². The van der Waals surface area contributed by atoms with Gasteiger partial charge in [-0.3, -0.25) is 9.20 Å². The molecule has 0 radical (unpaired) electrons. The predicted octanol–water partition coefficient (Wildman–Crippen LogP) is 3.44. The van der Waals surface area contributed by atoms with Gasteiger partial charge < -0.3 is 10.1 Å². The molecule has 118 valence electrons. The van der Waals surface area contributed by atoms with Crippen LogP contribution in [0.3, 0.4) is 0 Å². The van der Waals surface area contributed by atoms with Crippen molar-refractivity contribution in [3.63, 3.8) is 0 Å². The summed E-state index contributed by atoms with van der Waals surface area (Å²) < 4.78 is 7.28. The molecule has 1 atom stereocenters. The highest BCUT2D eigenvalue weighted by Gasteiger charge is 2.16. The van der Waals surface area contributed by atoms with Crippen molar-refractivity contribution in [2.24, 2.45) is 0 Å². The van der Waals surface area contributed by atoms with Crippen molar-refractivity contribution in [2.75, 3.05) is 5.32 Å². The Morgan fingerprint density at radius 3 is 2.91 bits per heavy atom. The first-order valence-corrected chi connectivity index (χ1v) is 7.50. The molecule has 23 heavy (non-hydrogen) atoms. The van der Waals surface area contributed by atoms with Gasteiger partial charge in [-0.1, -0.05) is 23.2 Å². The molecule has 0 aliphatic heterocycles. The van der Waals surface area contributed by atoms with E-state index in [1.54, 1.807) is 54.2 Å². The van der Waals surface area contributed by atoms with Gasteiger partial charge in [-0.2, -0.15) is 0 Å². The van der Waals surface area contributed by atoms with Crippen LogP contribution in [-0.4, -0.2) is 26.6 Å². The largest absolute Gasteiger partial charge is 0.479 e. The number of aromatic nitrogens is 3. The fraction of sp³-hybridized carbons (Fsp3) is 0.133. The van der Waals surface area contributed by atoms with Gasteiger partial charge in [0.25, 0.3) is 5.91 Å². The van der Waals surface area contributed by atoms with E-state index in [4.69, 9.17) is 27.9 Å². The second-order valence-corrected chi connectivity index (χ2v) is 5.68. The summed E-state index contributed by atoms with van der Waals surface area (Å²) in [7, 11) is 0. The van der Waals surface area contributed by atoms with Crippen LogP contribution in [0.15, 0.2) is 42.9 Å². The number of nitrogens with zero attached hydrogens (tertiary/aromatic N) is 3. The summed E-state index contributed by atoms with van der Waals surface area (Å²) in [4.78, 5) is 12.2. The number of amides is 1. The Morgan fingerprint density at radius 1 is 1.30 bits per heavy atom. The molecule has 1 N–H and O–H groups in total. The summed E-state index contributed by atoms with van der Waals surface area (Å²) in [6, 6.07) is 8.32. The Labute approximate surface area is 142 Å². The predicted molar refractivity (Wildman–Crippen MR) is 88.2 cm³/mol. The quantitative estimate of drug-likeness (QED) is 0.782. The van der Waals surface area contributed by atoms with Crippen molar-refractivity contribution in [1.82, 2.24) is 14.6 Å². The fourth-order valence-corrected chi connectivity index (χ4v) is 2.41. The van der Waals surface area contributed by atoms with Crippen LogP contribution in [0.25, 0.3) is 5.65 Å². The summed E-state index contributed by atoms with van der Waals surface area (Å²) in [5, 5.41) is 11.3. The number of ether oxygens (including phenoxy) is 1. The molecule has 1 unspecified atom stereocenters. The monoisotopic (exact) mass is 350 g/mol. The molecular formula is C15H12Cl2N4O2. The van der Waals surface area contributed by atoms with Crippen LogP contribution < -0.4 is 10.1 Å². The lowest BCUT2D eigenvalue weighted by Gasteiger charge is -2.15. The zero-order valence-corrected chi connectivity index (χ0v) is 13.5. The van der Waals surface area contributed by atoms with Crippen LogP contribution in [0.5, 0.6) is 5.75 Å². The number of benzene rings is 1. The van der Waals surface area contributed by atoms with Crippen LogP contribution in [0.1, 0.15) is 6.92 Å². The molecule has 1 amide bonds. The Kier molecular flexibility index (Phi) is 4.36. The van der Waals surface area contributed by atoms with Gasteiger partial charge in [0.1, 0.15) is 12.1 Å². The fourth-order valence-electron chi connectivity index (χ4n) is 1.96. The maximum atomic E-state index is 12.2. The van der Waals surface area contributed by atoms with Crippen molar-refractivity contribution in [2.45, 2.75) is 13.0 Å². The normalized spacial score (nSPS) is 12.1. The Hall–Kier alpha value is -2.31. The van der Waals surface area contributed by atoms with Crippen LogP contribution in [0, 0.1) is 0 Å². The van der Waals surface area contributed by atoms with E-state index in [1.165, 1.54) is 0 Å². The van der Waals surface area contributed by atoms with E-state index >= 15 is 0 Å². The van der Waals surface area contributed by atoms with Crippen LogP contribution in [0.4, 0.5) is 5.69 Å². The number of hydrogen-bond acceptors (Lipinski definition) is 4. The lowest BCUT2D eigenvalue weighted by molar-refractivity contribution is -0.122. The molecule has 0 fully saturated rings. The van der Waals surface area contributed by atoms with Crippen LogP contribution >= 0.6 is 23.2 Å². The molecule has 3 rings (SSSR count). The zero-order chi connectivity index (χ0) is 16.4. The number of carbonyl (C=O) groups is 1. The molecule has 6 nitrogen and oxygen atoms in total. The minimum atomic E-state index is -0.731. The van der Waals surface area contributed by atoms with Crippen LogP contribution in [0.2, 0.25) is 10.0 Å². The molecule has 3 aromatic rings. The molecule has 0 aliphatic carbocycles. The first kappa shape index (κ1) is 15.6. The Bertz CT molecular complexity index is 866. The number of pyridine rings is 1. The average Bonchev–Trinajstić information content (AvgIpc) is 2.97. The third-order valence-electron chi connectivity index (χ3n) is 3.13. The Morgan fingerprint density at radius 2 is 2.13 bits per heavy atom. The minimum absolute atomic E-state index is 0.302. The number of carbonyl (C=O) groups excluding carboxylic acids is 1. The summed E-state index contributed by atoms with van der Waals surface area (Å²) in [6.07, 6.45) is 2.54. The highest BCUT2D eigenvalue weighted by molar-refractivity contribution is 6.35. The maximum absolute atomic E-state index is 12.2. The standard InChI is InChI=1S/C15H12Cl2N4O2/c1-9(23-13-4-2-10(16)6-12(13)17)15(22)19-11-3-5-14-20-18-8-21(14)7-11/h2-9H,1H3,(H,19,22). The molecule has 0 saturated carbocycles. The molecule has 0 saturated heterocycles. The lowest BCUT2D eigenvalue weighted by atomic mass is 10.3. The van der Waals surface area contributed by atoms with Gasteiger partial charge in [0.05, 0.1) is 10.7 Å². The van der Waals surface area contributed by atoms with Crippen molar-refractivity contribution in [3.8, 4) is 5.75 Å². The second kappa shape index (κ2) is 6.44. The van der Waals surface area contributed by atoms with Gasteiger partial charge >= 0.3 is 0 Å². The molecule has 0 aliphatic rings. The van der Waals surface area contributed by atoms with Crippen LogP contribution in [-0.2, 0) is 4.79 Å². The van der Waals surface area contributed by atoms with E-state index in [-0.39, 0.29) is 5.91 Å². The number of nitrogens with one attached hydrogen (secondary N) is 1. The Balaban J connectivity index is 1.69. The van der Waals surface area contributed by atoms with Gasteiger partial charge in [0.2, 0.25) is 0 Å². The summed E-state index contributed by atoms with van der Waals surface area (Å²) in [5.41, 5.74) is 1.31. The summed E-state index contributed by atoms with van der Waals surface area (Å²) in [5.74, 6) is 0.0939. The van der Waals surface area contributed by atoms with E-state index in [0.29, 0.717) is 27.1 Å². The van der Waals surface area contributed by atoms with E-state index < -0.39 is 6.10 Å². The highest BCUT2D eigenvalue weighted by atomic mass is 35.5. The third-order valence-corrected chi connectivity index (χ3v) is 3.66. The SMILES string of the molecule is CC(Oc1ccc(Cl)cc1Cl)C(=O)Nc1ccc2nncn2c1. The van der Waals surface area contributed by atoms with Gasteiger partial charge in [-0.05, 0) is 37.3 Å². The maximum Gasteiger partial charge on any atom is 0.265 e. The molecule has 0 bridgehead atoms. The average molecular weight is 351 g/mol. The van der Waals surface area contributed by atoms with Gasteiger partial charge in [-0.15, -0.1) is 10.2 Å². The van der Waals surface area contributed by atoms with E-state index in [2.05, 4.69) is 15.5 Å². The number of rotatable bonds is 4. The smallest absolute Gasteiger partial charge is 0.265 e. The van der Waals surface area contributed by atoms with Gasteiger partial charge in [0, 0.05) is 11.2 Å². The third kappa shape index (κ3) is 3.55. The van der Waals surface area contributed by atoms with Gasteiger partial charge in [0.15, 0.2) is 11.8 Å². The lowest BCUT2D eigenvalue weighted by Crippen LogP contribution is -2.30. The van der Waals surface area contributed by atoms with Crippen molar-refractivity contribution >= 4 is 40.4 Å². The number of anilines is 1. The first-order valence-electron chi connectivity index (χ1n) is 6.75. The minimum Gasteiger partial charge on any atom is -0.479 e. The van der Waals surface area contributed by atoms with Crippen molar-refractivity contribution in [1.29, 1.82) is 0 Å². The second-order valence-electron chi connectivity index (χ2n) is 4.84. The number of halogens is 2. The molecule has 8 heteroatoms. The zero-order valence-electron chi connectivity index (χ0n) is 12.0. The van der Waals surface area contributed by atoms with E-state index in [9.17, 15) is 4.79 Å². The summed E-state index contributed by atoms with van der Waals surface area (Å²) >= 11 is 11.9. The van der Waals surface area contributed by atoms with Crippen molar-refractivity contribution in [3.05, 3.63) is 52.9 Å². The van der Waals surface area contributed by atoms with E-state index in [0.717, 1.165) is 0 Å². The highest BCUT2D eigenvalue weighted by Crippen LogP contribution is 2.28.